The van der Waals surface area contributed by atoms with Gasteiger partial charge in [-0.05, 0) is 48.3 Å². The van der Waals surface area contributed by atoms with Crippen molar-refractivity contribution in [2.45, 2.75) is 104 Å². The predicted molar refractivity (Wildman–Crippen MR) is 97.1 cm³/mol. The Bertz CT molecular complexity index is 569. The van der Waals surface area contributed by atoms with Crippen LogP contribution in [-0.4, -0.2) is 25.6 Å². The number of hydrogen-bond donors (Lipinski definition) is 1. The average molecular weight is 336 g/mol. The van der Waals surface area contributed by atoms with Crippen LogP contribution in [0.2, 0.25) is 0 Å². The summed E-state index contributed by atoms with van der Waals surface area (Å²) in [4.78, 5) is 7.41. The van der Waals surface area contributed by atoms with E-state index < -0.39 is 0 Å². The van der Waals surface area contributed by atoms with Crippen LogP contribution in [0.3, 0.4) is 0 Å². The highest BCUT2D eigenvalue weighted by molar-refractivity contribution is 5.02. The molecule has 3 aliphatic rings. The first kappa shape index (κ1) is 16.8. The third-order valence-corrected chi connectivity index (χ3v) is 7.39. The Morgan fingerprint density at radius 3 is 1.67 bits per heavy atom. The fraction of sp³-hybridized carbons (Fsp3) is 1.00. The summed E-state index contributed by atoms with van der Waals surface area (Å²) >= 11 is 0. The van der Waals surface area contributed by atoms with Crippen LogP contribution in [-0.2, 0) is 0 Å². The first-order valence-electron chi connectivity index (χ1n) is 10.2. The van der Waals surface area contributed by atoms with Gasteiger partial charge in [0.05, 0.1) is 24.2 Å². The fourth-order valence-electron chi connectivity index (χ4n) is 5.68. The van der Waals surface area contributed by atoms with Gasteiger partial charge in [-0.2, -0.15) is 14.4 Å². The Hall–Kier alpha value is -0.640. The molecule has 1 N–H and O–H groups in total. The molecule has 0 amide bonds. The molecule has 6 atom stereocenters. The second kappa shape index (κ2) is 5.18. The molecule has 2 heterocycles. The summed E-state index contributed by atoms with van der Waals surface area (Å²) in [6.07, 6.45) is 7.51. The summed E-state index contributed by atoms with van der Waals surface area (Å²) < 4.78 is 0. The van der Waals surface area contributed by atoms with E-state index in [9.17, 15) is 5.11 Å². The lowest BCUT2D eigenvalue weighted by Crippen LogP contribution is -2.46. The van der Waals surface area contributed by atoms with Crippen LogP contribution in [0.25, 0.3) is 0 Å². The maximum Gasteiger partial charge on any atom is 0.0972 e. The van der Waals surface area contributed by atoms with E-state index in [1.54, 1.807) is 0 Å². The molecule has 2 aliphatic carbocycles. The van der Waals surface area contributed by atoms with Crippen molar-refractivity contribution >= 4 is 0 Å². The minimum Gasteiger partial charge on any atom is -0.391 e. The molecule has 1 aromatic heterocycles. The van der Waals surface area contributed by atoms with Gasteiger partial charge in [0.2, 0.25) is 0 Å². The number of aliphatic hydroxyl groups excluding tert-OH is 1. The van der Waals surface area contributed by atoms with Crippen LogP contribution < -0.4 is 0 Å². The topological polar surface area (TPSA) is 35.0 Å². The van der Waals surface area contributed by atoms with Crippen molar-refractivity contribution in [3.63, 3.8) is 0 Å². The van der Waals surface area contributed by atoms with Crippen molar-refractivity contribution in [2.75, 3.05) is 0 Å². The highest BCUT2D eigenvalue weighted by atomic mass is 16.3. The number of aliphatic hydroxyl groups is 1. The molecule has 0 radical (unpaired) electrons. The Labute approximate surface area is 147 Å². The number of fused-ring (bicyclic) bond motifs is 4. The van der Waals surface area contributed by atoms with E-state index in [1.807, 2.05) is 0 Å². The molecule has 4 rings (SSSR count). The van der Waals surface area contributed by atoms with E-state index >= 15 is 0 Å². The summed E-state index contributed by atoms with van der Waals surface area (Å²) in [5, 5.41) is 11.3. The van der Waals surface area contributed by atoms with Gasteiger partial charge in [0.1, 0.15) is 0 Å². The van der Waals surface area contributed by atoms with E-state index in [-0.39, 0.29) is 17.6 Å². The van der Waals surface area contributed by atoms with Gasteiger partial charge in [-0.25, -0.2) is 0 Å². The van der Waals surface area contributed by atoms with Crippen molar-refractivity contribution in [3.05, 3.63) is 0 Å². The normalized spacial score (nSPS) is 40.1. The number of hydrogen-bond acceptors (Lipinski definition) is 1. The van der Waals surface area contributed by atoms with Crippen molar-refractivity contribution in [3.8, 4) is 0 Å². The summed E-state index contributed by atoms with van der Waals surface area (Å²) in [6.45, 7) is 14.1. The molecule has 0 bridgehead atoms. The van der Waals surface area contributed by atoms with Gasteiger partial charge in [0, 0.05) is 0 Å². The van der Waals surface area contributed by atoms with Crippen molar-refractivity contribution < 1.29 is 5.11 Å². The second-order valence-electron chi connectivity index (χ2n) is 10.9. The predicted octanol–water partition coefficient (Wildman–Crippen LogP) is 4.78. The number of rotatable bonds is 1. The second-order valence-corrected chi connectivity index (χ2v) is 10.9. The van der Waals surface area contributed by atoms with Crippen LogP contribution in [0.15, 0.2) is 0 Å². The van der Waals surface area contributed by atoms with Crippen LogP contribution in [0.4, 0.5) is 0 Å². The molecule has 0 saturated heterocycles. The Morgan fingerprint density at radius 2 is 1.21 bits per heavy atom. The van der Waals surface area contributed by atoms with Gasteiger partial charge in [-0.1, -0.05) is 54.4 Å². The summed E-state index contributed by atoms with van der Waals surface area (Å²) in [5.74, 6) is 1.06. The maximum absolute atomic E-state index is 11.3. The lowest BCUT2D eigenvalue weighted by Gasteiger charge is -2.47. The summed E-state index contributed by atoms with van der Waals surface area (Å²) in [5.41, 5.74) is 0.475. The summed E-state index contributed by atoms with van der Waals surface area (Å²) in [6, 6.07) is 1.74. The number of aromatic nitrogens is 3. The van der Waals surface area contributed by atoms with Crippen LogP contribution >= 0.6 is 0 Å². The van der Waals surface area contributed by atoms with Crippen molar-refractivity contribution in [1.29, 1.82) is 0 Å². The molecule has 0 aromatic carbocycles. The molecular formula is C20H37N3O. The van der Waals surface area contributed by atoms with E-state index in [1.165, 1.54) is 25.7 Å². The van der Waals surface area contributed by atoms with Crippen molar-refractivity contribution in [2.24, 2.45) is 22.7 Å². The molecule has 0 spiro atoms. The van der Waals surface area contributed by atoms with Gasteiger partial charge in [0.25, 0.3) is 0 Å². The Balaban J connectivity index is 1.62. The molecule has 1 aromatic rings. The monoisotopic (exact) mass is 335 g/mol. The number of nitrogens with zero attached hydrogens (tertiary/aromatic N) is 3. The zero-order valence-corrected chi connectivity index (χ0v) is 16.5. The van der Waals surface area contributed by atoms with Crippen LogP contribution in [0.5, 0.6) is 0 Å². The lowest BCUT2D eigenvalue weighted by atomic mass is 9.61. The Kier molecular flexibility index (Phi) is 3.63. The van der Waals surface area contributed by atoms with Crippen molar-refractivity contribution in [1.82, 2.24) is 14.4 Å². The Morgan fingerprint density at radius 1 is 0.708 bits per heavy atom. The minimum atomic E-state index is -0.212. The van der Waals surface area contributed by atoms with Gasteiger partial charge >= 0.3 is 0 Å². The highest BCUT2D eigenvalue weighted by Crippen LogP contribution is 2.55. The first-order valence-corrected chi connectivity index (χ1v) is 10.2. The smallest absolute Gasteiger partial charge is 0.0972 e. The average Bonchev–Trinajstić information content (AvgIpc) is 3.11. The largest absolute Gasteiger partial charge is 0.391 e. The highest BCUT2D eigenvalue weighted by Gasteiger charge is 2.54. The molecule has 2 fully saturated rings. The summed E-state index contributed by atoms with van der Waals surface area (Å²) in [7, 11) is 0. The fourth-order valence-corrected chi connectivity index (χ4v) is 5.68. The van der Waals surface area contributed by atoms with Gasteiger partial charge in [-0.3, -0.25) is 0 Å². The maximum atomic E-state index is 11.3. The minimum absolute atomic E-state index is 0.161. The third kappa shape index (κ3) is 2.43. The zero-order chi connectivity index (χ0) is 17.4. The van der Waals surface area contributed by atoms with Gasteiger partial charge < -0.3 is 5.11 Å². The molecule has 1 aliphatic heterocycles. The van der Waals surface area contributed by atoms with E-state index in [0.717, 1.165) is 24.9 Å². The standard InChI is InChI=1S/C20H37N3O/c1-19(2,3)13-11-14(20(4,5)6)18(24)17(12-13)23-21-15-9-7-8-10-16(15)22(21)23/h13-18,24H,7-12H2,1-6H3. The SMILES string of the molecule is CC(C)(C)C1CC(n2n3n2C2CCCCC23)C(O)C(C(C)(C)C)C1. The quantitative estimate of drug-likeness (QED) is 0.787. The van der Waals surface area contributed by atoms with Gasteiger partial charge in [-0.15, -0.1) is 0 Å². The molecule has 2 saturated carbocycles. The lowest BCUT2D eigenvalue weighted by molar-refractivity contribution is -0.0641. The molecule has 4 heteroatoms. The molecule has 24 heavy (non-hydrogen) atoms. The third-order valence-electron chi connectivity index (χ3n) is 7.39. The van der Waals surface area contributed by atoms with E-state index in [0.29, 0.717) is 17.3 Å². The van der Waals surface area contributed by atoms with Crippen LogP contribution in [0.1, 0.15) is 98.2 Å². The first-order chi connectivity index (χ1) is 11.1. The van der Waals surface area contributed by atoms with E-state index in [4.69, 9.17) is 0 Å². The zero-order valence-electron chi connectivity index (χ0n) is 16.5. The molecule has 4 nitrogen and oxygen atoms in total. The molecular weight excluding hydrogens is 298 g/mol. The van der Waals surface area contributed by atoms with Crippen LogP contribution in [0, 0.1) is 22.7 Å². The molecule has 138 valence electrons. The molecule has 6 unspecified atom stereocenters. The van der Waals surface area contributed by atoms with Gasteiger partial charge in [0.15, 0.2) is 0 Å². The van der Waals surface area contributed by atoms with E-state index in [2.05, 4.69) is 55.9 Å².